The molecule has 0 spiro atoms. The van der Waals surface area contributed by atoms with E-state index >= 15 is 0 Å². The summed E-state index contributed by atoms with van der Waals surface area (Å²) in [4.78, 5) is 0. The largest absolute Gasteiger partial charge is 0.302 e. The van der Waals surface area contributed by atoms with Crippen molar-refractivity contribution in [2.24, 2.45) is 0 Å². The Balaban J connectivity index is 3.66. The van der Waals surface area contributed by atoms with E-state index in [1.54, 1.807) is 0 Å². The fourth-order valence-electron chi connectivity index (χ4n) is 0.786. The summed E-state index contributed by atoms with van der Waals surface area (Å²) in [5.74, 6) is 2.79. The van der Waals surface area contributed by atoms with Crippen LogP contribution in [0.25, 0.3) is 0 Å². The van der Waals surface area contributed by atoms with Gasteiger partial charge in [-0.1, -0.05) is 5.92 Å². The zero-order valence-corrected chi connectivity index (χ0v) is 9.24. The minimum Gasteiger partial charge on any atom is -0.302 e. The summed E-state index contributed by atoms with van der Waals surface area (Å²) < 4.78 is 21.5. The third kappa shape index (κ3) is 7.82. The van der Waals surface area contributed by atoms with E-state index in [-0.39, 0.29) is 11.3 Å². The van der Waals surface area contributed by atoms with Crippen LogP contribution < -0.4 is 5.32 Å². The van der Waals surface area contributed by atoms with Gasteiger partial charge in [-0.25, -0.2) is 8.42 Å². The van der Waals surface area contributed by atoms with Crippen molar-refractivity contribution in [2.75, 3.05) is 18.6 Å². The molecule has 76 valence electrons. The summed E-state index contributed by atoms with van der Waals surface area (Å²) in [6, 6.07) is 0. The fraction of sp³-hybridized carbons (Fsp3) is 0.778. The second kappa shape index (κ2) is 4.64. The zero-order valence-electron chi connectivity index (χ0n) is 8.42. The normalized spacial score (nSPS) is 12.5. The van der Waals surface area contributed by atoms with Gasteiger partial charge in [0.05, 0.1) is 11.3 Å². The van der Waals surface area contributed by atoms with E-state index in [1.807, 2.05) is 13.8 Å². The van der Waals surface area contributed by atoms with Crippen LogP contribution in [0.4, 0.5) is 0 Å². The monoisotopic (exact) mass is 203 g/mol. The predicted molar refractivity (Wildman–Crippen MR) is 55.2 cm³/mol. The van der Waals surface area contributed by atoms with E-state index in [9.17, 15) is 8.42 Å². The minimum absolute atomic E-state index is 0.209. The van der Waals surface area contributed by atoms with E-state index in [1.165, 1.54) is 6.26 Å². The van der Waals surface area contributed by atoms with Gasteiger partial charge in [-0.3, -0.25) is 0 Å². The molecule has 0 aromatic rings. The lowest BCUT2D eigenvalue weighted by Gasteiger charge is -2.19. The van der Waals surface area contributed by atoms with E-state index in [0.717, 1.165) is 0 Å². The lowest BCUT2D eigenvalue weighted by molar-refractivity contribution is 0.490. The molecule has 0 aromatic carbocycles. The smallest absolute Gasteiger partial charge is 0.147 e. The highest BCUT2D eigenvalue weighted by Gasteiger charge is 2.11. The second-order valence-electron chi connectivity index (χ2n) is 3.68. The van der Waals surface area contributed by atoms with Gasteiger partial charge in [-0.05, 0) is 26.8 Å². The number of hydrogen-bond acceptors (Lipinski definition) is 3. The van der Waals surface area contributed by atoms with E-state index in [2.05, 4.69) is 11.2 Å². The average molecular weight is 203 g/mol. The Morgan fingerprint density at radius 1 is 1.46 bits per heavy atom. The lowest BCUT2D eigenvalue weighted by Crippen LogP contribution is -2.38. The first kappa shape index (κ1) is 12.5. The van der Waals surface area contributed by atoms with Crippen molar-refractivity contribution >= 4 is 9.84 Å². The lowest BCUT2D eigenvalue weighted by atomic mass is 10.1. The van der Waals surface area contributed by atoms with Crippen molar-refractivity contribution in [3.63, 3.8) is 0 Å². The first-order valence-electron chi connectivity index (χ1n) is 4.17. The molecule has 0 rings (SSSR count). The van der Waals surface area contributed by atoms with Crippen LogP contribution in [0.5, 0.6) is 0 Å². The molecule has 0 fully saturated rings. The van der Waals surface area contributed by atoms with Crippen LogP contribution in [-0.2, 0) is 9.84 Å². The number of nitrogens with one attached hydrogen (secondary N) is 1. The summed E-state index contributed by atoms with van der Waals surface area (Å²) in [6.45, 7) is 4.39. The van der Waals surface area contributed by atoms with E-state index in [0.29, 0.717) is 13.0 Å². The molecule has 0 saturated heterocycles. The number of hydrogen-bond donors (Lipinski definition) is 1. The first-order valence-corrected chi connectivity index (χ1v) is 6.23. The summed E-state index contributed by atoms with van der Waals surface area (Å²) in [5.41, 5.74) is -0.350. The molecular weight excluding hydrogens is 186 g/mol. The van der Waals surface area contributed by atoms with Gasteiger partial charge < -0.3 is 5.32 Å². The summed E-state index contributed by atoms with van der Waals surface area (Å²) in [7, 11) is -2.84. The molecule has 13 heavy (non-hydrogen) atoms. The van der Waals surface area contributed by atoms with E-state index in [4.69, 9.17) is 6.42 Å². The molecule has 0 aromatic heterocycles. The van der Waals surface area contributed by atoms with Crippen molar-refractivity contribution in [3.8, 4) is 12.3 Å². The third-order valence-electron chi connectivity index (χ3n) is 1.62. The molecular formula is C9H17NO2S. The molecule has 0 aliphatic heterocycles. The zero-order chi connectivity index (χ0) is 10.5. The maximum atomic E-state index is 10.8. The average Bonchev–Trinajstić information content (AvgIpc) is 1.97. The second-order valence-corrected chi connectivity index (χ2v) is 5.94. The summed E-state index contributed by atoms with van der Waals surface area (Å²) in [6.07, 6.45) is 7.08. The number of terminal acetylenes is 1. The van der Waals surface area contributed by atoms with Crippen molar-refractivity contribution in [1.82, 2.24) is 5.32 Å². The van der Waals surface area contributed by atoms with Crippen LogP contribution >= 0.6 is 0 Å². The van der Waals surface area contributed by atoms with Crippen molar-refractivity contribution in [3.05, 3.63) is 0 Å². The van der Waals surface area contributed by atoms with Crippen LogP contribution in [0.3, 0.4) is 0 Å². The van der Waals surface area contributed by atoms with Gasteiger partial charge in [0.2, 0.25) is 0 Å². The maximum Gasteiger partial charge on any atom is 0.147 e. The van der Waals surface area contributed by atoms with Gasteiger partial charge in [0.15, 0.2) is 0 Å². The Morgan fingerprint density at radius 2 is 2.00 bits per heavy atom. The van der Waals surface area contributed by atoms with Crippen molar-refractivity contribution in [1.29, 1.82) is 0 Å². The van der Waals surface area contributed by atoms with Crippen LogP contribution in [0, 0.1) is 12.3 Å². The van der Waals surface area contributed by atoms with Crippen LogP contribution in [0.2, 0.25) is 0 Å². The molecule has 0 atom stereocenters. The molecule has 3 nitrogen and oxygen atoms in total. The van der Waals surface area contributed by atoms with Crippen LogP contribution in [0.15, 0.2) is 0 Å². The van der Waals surface area contributed by atoms with Gasteiger partial charge in [-0.2, -0.15) is 0 Å². The van der Waals surface area contributed by atoms with Crippen LogP contribution in [0.1, 0.15) is 20.3 Å². The molecule has 0 saturated carbocycles. The Kier molecular flexibility index (Phi) is 4.45. The SMILES string of the molecule is C#CC(C)(C)NCCCS(C)(=O)=O. The molecule has 0 aliphatic carbocycles. The van der Waals surface area contributed by atoms with Crippen molar-refractivity contribution in [2.45, 2.75) is 25.8 Å². The third-order valence-corrected chi connectivity index (χ3v) is 2.65. The molecule has 1 N–H and O–H groups in total. The highest BCUT2D eigenvalue weighted by Crippen LogP contribution is 1.98. The topological polar surface area (TPSA) is 46.2 Å². The summed E-state index contributed by atoms with van der Waals surface area (Å²) >= 11 is 0. The molecule has 0 radical (unpaired) electrons. The Hall–Kier alpha value is -0.530. The first-order chi connectivity index (χ1) is 5.77. The Morgan fingerprint density at radius 3 is 2.38 bits per heavy atom. The Bertz CT molecular complexity index is 285. The fourth-order valence-corrected chi connectivity index (χ4v) is 1.45. The highest BCUT2D eigenvalue weighted by atomic mass is 32.2. The Labute approximate surface area is 80.8 Å². The van der Waals surface area contributed by atoms with Gasteiger partial charge in [0, 0.05) is 6.26 Å². The van der Waals surface area contributed by atoms with Gasteiger partial charge in [0.25, 0.3) is 0 Å². The summed E-state index contributed by atoms with van der Waals surface area (Å²) in [5, 5.41) is 3.08. The van der Waals surface area contributed by atoms with Gasteiger partial charge in [0.1, 0.15) is 9.84 Å². The quantitative estimate of drug-likeness (QED) is 0.520. The molecule has 4 heteroatoms. The van der Waals surface area contributed by atoms with Gasteiger partial charge >= 0.3 is 0 Å². The van der Waals surface area contributed by atoms with E-state index < -0.39 is 9.84 Å². The minimum atomic E-state index is -2.84. The molecule has 0 aliphatic rings. The highest BCUT2D eigenvalue weighted by molar-refractivity contribution is 7.90. The number of sulfone groups is 1. The molecule has 0 bridgehead atoms. The molecule has 0 heterocycles. The van der Waals surface area contributed by atoms with Crippen LogP contribution in [-0.4, -0.2) is 32.5 Å². The molecule has 0 unspecified atom stereocenters. The maximum absolute atomic E-state index is 10.8. The molecule has 0 amide bonds. The standard InChI is InChI=1S/C9H17NO2S/c1-5-9(2,3)10-7-6-8-13(4,11)12/h1,10H,6-8H2,2-4H3. The number of rotatable bonds is 5. The predicted octanol–water partition coefficient (Wildman–Crippen LogP) is 0.423. The van der Waals surface area contributed by atoms with Gasteiger partial charge in [-0.15, -0.1) is 6.42 Å². The van der Waals surface area contributed by atoms with Crippen molar-refractivity contribution < 1.29 is 8.42 Å².